The molecular weight excluding hydrogens is 184 g/mol. The number of aromatic nitrogens is 2. The monoisotopic (exact) mass is 200 g/mol. The zero-order valence-electron chi connectivity index (χ0n) is 9.44. The fraction of sp³-hybridized carbons (Fsp3) is 0.308. The molecule has 78 valence electrons. The molecule has 0 radical (unpaired) electrons. The van der Waals surface area contributed by atoms with Crippen molar-refractivity contribution in [1.29, 1.82) is 0 Å². The molecule has 1 aromatic carbocycles. The van der Waals surface area contributed by atoms with Crippen LogP contribution in [0.5, 0.6) is 0 Å². The van der Waals surface area contributed by atoms with Gasteiger partial charge in [0.25, 0.3) is 0 Å². The Labute approximate surface area is 90.6 Å². The van der Waals surface area contributed by atoms with Crippen molar-refractivity contribution in [1.82, 2.24) is 9.78 Å². The van der Waals surface area contributed by atoms with E-state index in [4.69, 9.17) is 0 Å². The van der Waals surface area contributed by atoms with E-state index in [0.717, 1.165) is 5.69 Å². The fourth-order valence-electron chi connectivity index (χ4n) is 1.91. The van der Waals surface area contributed by atoms with Gasteiger partial charge in [0.2, 0.25) is 0 Å². The van der Waals surface area contributed by atoms with E-state index >= 15 is 0 Å². The van der Waals surface area contributed by atoms with Gasteiger partial charge in [-0.15, -0.1) is 0 Å². The van der Waals surface area contributed by atoms with Crippen LogP contribution in [-0.2, 0) is 0 Å². The average molecular weight is 200 g/mol. The van der Waals surface area contributed by atoms with E-state index in [1.165, 1.54) is 11.3 Å². The van der Waals surface area contributed by atoms with E-state index in [1.54, 1.807) is 0 Å². The SMILES string of the molecule is Cc1cnn(-c2ccccc2)c1C(C)C. The maximum absolute atomic E-state index is 4.42. The molecule has 0 atom stereocenters. The van der Waals surface area contributed by atoms with Gasteiger partial charge < -0.3 is 0 Å². The van der Waals surface area contributed by atoms with Crippen molar-refractivity contribution in [3.05, 3.63) is 47.8 Å². The van der Waals surface area contributed by atoms with Crippen LogP contribution in [0.3, 0.4) is 0 Å². The molecule has 2 aromatic rings. The Kier molecular flexibility index (Phi) is 2.58. The minimum Gasteiger partial charge on any atom is -0.237 e. The predicted molar refractivity (Wildman–Crippen MR) is 62.4 cm³/mol. The number of para-hydroxylation sites is 1. The number of hydrogen-bond donors (Lipinski definition) is 0. The Hall–Kier alpha value is -1.57. The summed E-state index contributed by atoms with van der Waals surface area (Å²) in [4.78, 5) is 0. The lowest BCUT2D eigenvalue weighted by Crippen LogP contribution is -2.04. The highest BCUT2D eigenvalue weighted by molar-refractivity contribution is 5.35. The minimum absolute atomic E-state index is 0.493. The summed E-state index contributed by atoms with van der Waals surface area (Å²) in [5, 5.41) is 4.42. The molecule has 0 spiro atoms. The maximum atomic E-state index is 4.42. The third-order valence-electron chi connectivity index (χ3n) is 2.55. The molecule has 0 saturated heterocycles. The van der Waals surface area contributed by atoms with Crippen LogP contribution in [0.25, 0.3) is 5.69 Å². The Morgan fingerprint density at radius 3 is 2.40 bits per heavy atom. The molecule has 15 heavy (non-hydrogen) atoms. The van der Waals surface area contributed by atoms with Crippen LogP contribution >= 0.6 is 0 Å². The molecule has 1 aromatic heterocycles. The van der Waals surface area contributed by atoms with Crippen molar-refractivity contribution in [2.45, 2.75) is 26.7 Å². The van der Waals surface area contributed by atoms with E-state index in [0.29, 0.717) is 5.92 Å². The number of nitrogens with zero attached hydrogens (tertiary/aromatic N) is 2. The predicted octanol–water partition coefficient (Wildman–Crippen LogP) is 3.30. The summed E-state index contributed by atoms with van der Waals surface area (Å²) in [6.45, 7) is 6.51. The summed E-state index contributed by atoms with van der Waals surface area (Å²) in [5.74, 6) is 0.493. The Morgan fingerprint density at radius 2 is 1.80 bits per heavy atom. The molecule has 0 aliphatic heterocycles. The van der Waals surface area contributed by atoms with Crippen LogP contribution in [0.4, 0.5) is 0 Å². The zero-order chi connectivity index (χ0) is 10.8. The number of benzene rings is 1. The van der Waals surface area contributed by atoms with Gasteiger partial charge in [-0.3, -0.25) is 0 Å². The first-order chi connectivity index (χ1) is 7.20. The summed E-state index contributed by atoms with van der Waals surface area (Å²) in [6.07, 6.45) is 1.93. The molecule has 0 saturated carbocycles. The lowest BCUT2D eigenvalue weighted by Gasteiger charge is -2.11. The van der Waals surface area contributed by atoms with Crippen LogP contribution in [0, 0.1) is 6.92 Å². The molecule has 2 rings (SSSR count). The highest BCUT2D eigenvalue weighted by Crippen LogP contribution is 2.21. The number of aryl methyl sites for hydroxylation is 1. The van der Waals surface area contributed by atoms with Crippen molar-refractivity contribution < 1.29 is 0 Å². The molecule has 0 aliphatic carbocycles. The topological polar surface area (TPSA) is 17.8 Å². The molecule has 0 N–H and O–H groups in total. The largest absolute Gasteiger partial charge is 0.237 e. The molecule has 1 heterocycles. The van der Waals surface area contributed by atoms with Crippen molar-refractivity contribution in [2.75, 3.05) is 0 Å². The van der Waals surface area contributed by atoms with Gasteiger partial charge in [0, 0.05) is 5.69 Å². The van der Waals surface area contributed by atoms with Gasteiger partial charge >= 0.3 is 0 Å². The Morgan fingerprint density at radius 1 is 1.13 bits per heavy atom. The second-order valence-electron chi connectivity index (χ2n) is 4.11. The van der Waals surface area contributed by atoms with Crippen molar-refractivity contribution in [3.8, 4) is 5.69 Å². The summed E-state index contributed by atoms with van der Waals surface area (Å²) in [6, 6.07) is 10.3. The van der Waals surface area contributed by atoms with Crippen LogP contribution in [0.15, 0.2) is 36.5 Å². The molecule has 2 nitrogen and oxygen atoms in total. The third kappa shape index (κ3) is 1.80. The summed E-state index contributed by atoms with van der Waals surface area (Å²) >= 11 is 0. The zero-order valence-corrected chi connectivity index (χ0v) is 9.44. The molecule has 0 bridgehead atoms. The van der Waals surface area contributed by atoms with Crippen LogP contribution < -0.4 is 0 Å². The van der Waals surface area contributed by atoms with Gasteiger partial charge in [0.05, 0.1) is 11.9 Å². The van der Waals surface area contributed by atoms with Gasteiger partial charge in [-0.2, -0.15) is 5.10 Å². The van der Waals surface area contributed by atoms with Gasteiger partial charge in [0.15, 0.2) is 0 Å². The van der Waals surface area contributed by atoms with E-state index in [1.807, 2.05) is 29.1 Å². The Balaban J connectivity index is 2.54. The van der Waals surface area contributed by atoms with Crippen molar-refractivity contribution in [3.63, 3.8) is 0 Å². The summed E-state index contributed by atoms with van der Waals surface area (Å²) < 4.78 is 2.03. The number of hydrogen-bond acceptors (Lipinski definition) is 1. The first-order valence-corrected chi connectivity index (χ1v) is 5.30. The van der Waals surface area contributed by atoms with E-state index in [9.17, 15) is 0 Å². The van der Waals surface area contributed by atoms with Crippen molar-refractivity contribution in [2.24, 2.45) is 0 Å². The average Bonchev–Trinajstić information content (AvgIpc) is 2.61. The Bertz CT molecular complexity index is 441. The first-order valence-electron chi connectivity index (χ1n) is 5.30. The minimum atomic E-state index is 0.493. The van der Waals surface area contributed by atoms with Crippen LogP contribution in [0.2, 0.25) is 0 Å². The van der Waals surface area contributed by atoms with Crippen LogP contribution in [-0.4, -0.2) is 9.78 Å². The molecule has 0 fully saturated rings. The molecule has 2 heteroatoms. The lowest BCUT2D eigenvalue weighted by atomic mass is 10.1. The second-order valence-corrected chi connectivity index (χ2v) is 4.11. The van der Waals surface area contributed by atoms with Gasteiger partial charge in [0.1, 0.15) is 0 Å². The van der Waals surface area contributed by atoms with Crippen LogP contribution in [0.1, 0.15) is 31.0 Å². The standard InChI is InChI=1S/C13H16N2/c1-10(2)13-11(3)9-14-15(13)12-7-5-4-6-8-12/h4-10H,1-3H3. The molecule has 0 amide bonds. The van der Waals surface area contributed by atoms with Gasteiger partial charge in [-0.25, -0.2) is 4.68 Å². The highest BCUT2D eigenvalue weighted by Gasteiger charge is 2.11. The van der Waals surface area contributed by atoms with E-state index in [2.05, 4.69) is 38.0 Å². The fourth-order valence-corrected chi connectivity index (χ4v) is 1.91. The quantitative estimate of drug-likeness (QED) is 0.727. The van der Waals surface area contributed by atoms with E-state index < -0.39 is 0 Å². The normalized spacial score (nSPS) is 10.9. The van der Waals surface area contributed by atoms with Gasteiger partial charge in [-0.05, 0) is 30.5 Å². The van der Waals surface area contributed by atoms with Gasteiger partial charge in [-0.1, -0.05) is 32.0 Å². The second kappa shape index (κ2) is 3.89. The summed E-state index contributed by atoms with van der Waals surface area (Å²) in [5.41, 5.74) is 3.68. The molecular formula is C13H16N2. The molecule has 0 aliphatic rings. The highest BCUT2D eigenvalue weighted by atomic mass is 15.3. The van der Waals surface area contributed by atoms with Crippen molar-refractivity contribution >= 4 is 0 Å². The smallest absolute Gasteiger partial charge is 0.0649 e. The maximum Gasteiger partial charge on any atom is 0.0649 e. The molecule has 0 unspecified atom stereocenters. The summed E-state index contributed by atoms with van der Waals surface area (Å²) in [7, 11) is 0. The number of rotatable bonds is 2. The van der Waals surface area contributed by atoms with E-state index in [-0.39, 0.29) is 0 Å². The first kappa shape index (κ1) is 9.97. The third-order valence-corrected chi connectivity index (χ3v) is 2.55. The lowest BCUT2D eigenvalue weighted by molar-refractivity contribution is 0.730.